The fourth-order valence-corrected chi connectivity index (χ4v) is 2.40. The Hall–Kier alpha value is -2.15. The molecule has 0 aliphatic carbocycles. The number of ether oxygens (including phenoxy) is 1. The minimum Gasteiger partial charge on any atom is -0.484 e. The molecule has 0 radical (unpaired) electrons. The van der Waals surface area contributed by atoms with Crippen LogP contribution in [0.4, 0.5) is 4.39 Å². The molecule has 0 aromatic heterocycles. The fraction of sp³-hybridized carbons (Fsp3) is 0.467. The van der Waals surface area contributed by atoms with Gasteiger partial charge in [-0.15, -0.1) is 0 Å². The van der Waals surface area contributed by atoms with E-state index < -0.39 is 0 Å². The number of likely N-dealkylation sites (tertiary alicyclic amines) is 1. The van der Waals surface area contributed by atoms with Crippen LogP contribution < -0.4 is 15.8 Å². The van der Waals surface area contributed by atoms with E-state index in [1.54, 1.807) is 0 Å². The molecule has 2 rings (SSSR count). The molecule has 1 aromatic carbocycles. The van der Waals surface area contributed by atoms with E-state index >= 15 is 0 Å². The molecule has 0 unspecified atom stereocenters. The lowest BCUT2D eigenvalue weighted by Crippen LogP contribution is -2.47. The van der Waals surface area contributed by atoms with Crippen LogP contribution in [0.5, 0.6) is 5.75 Å². The van der Waals surface area contributed by atoms with Crippen LogP contribution in [0, 0.1) is 5.82 Å². The molecule has 22 heavy (non-hydrogen) atoms. The third kappa shape index (κ3) is 5.33. The normalized spacial score (nSPS) is 16.2. The molecule has 1 aliphatic heterocycles. The van der Waals surface area contributed by atoms with E-state index in [2.05, 4.69) is 5.32 Å². The van der Waals surface area contributed by atoms with Crippen molar-refractivity contribution in [3.63, 3.8) is 0 Å². The number of carbonyl (C=O) groups is 2. The number of nitrogens with one attached hydrogen (secondary N) is 1. The average Bonchev–Trinajstić information content (AvgIpc) is 2.48. The molecule has 2 amide bonds. The first-order chi connectivity index (χ1) is 10.5. The van der Waals surface area contributed by atoms with E-state index in [4.69, 9.17) is 10.5 Å². The lowest BCUT2D eigenvalue weighted by Gasteiger charge is -2.31. The van der Waals surface area contributed by atoms with Crippen LogP contribution >= 0.6 is 0 Å². The number of primary amides is 1. The number of amides is 2. The highest BCUT2D eigenvalue weighted by Gasteiger charge is 2.21. The highest BCUT2D eigenvalue weighted by Crippen LogP contribution is 2.12. The molecule has 1 aliphatic rings. The molecular formula is C15H20FN3O3. The van der Waals surface area contributed by atoms with Gasteiger partial charge in [0, 0.05) is 19.1 Å². The third-order valence-electron chi connectivity index (χ3n) is 3.52. The summed E-state index contributed by atoms with van der Waals surface area (Å²) < 4.78 is 18.0. The Bertz CT molecular complexity index is 513. The second-order valence-electron chi connectivity index (χ2n) is 5.33. The number of hydrogen-bond donors (Lipinski definition) is 2. The number of piperidine rings is 1. The smallest absolute Gasteiger partial charge is 0.258 e. The Kier molecular flexibility index (Phi) is 5.71. The zero-order valence-corrected chi connectivity index (χ0v) is 12.3. The molecule has 0 atom stereocenters. The average molecular weight is 309 g/mol. The summed E-state index contributed by atoms with van der Waals surface area (Å²) in [5, 5.41) is 2.89. The minimum absolute atomic E-state index is 0.0773. The van der Waals surface area contributed by atoms with E-state index in [0.717, 1.165) is 25.9 Å². The fourth-order valence-electron chi connectivity index (χ4n) is 2.40. The molecule has 6 nitrogen and oxygen atoms in total. The van der Waals surface area contributed by atoms with Gasteiger partial charge in [-0.05, 0) is 37.1 Å². The molecule has 1 saturated heterocycles. The van der Waals surface area contributed by atoms with Crippen molar-refractivity contribution in [3.8, 4) is 5.75 Å². The van der Waals surface area contributed by atoms with Crippen LogP contribution in [0.25, 0.3) is 0 Å². The maximum absolute atomic E-state index is 12.7. The highest BCUT2D eigenvalue weighted by atomic mass is 19.1. The highest BCUT2D eigenvalue weighted by molar-refractivity contribution is 5.78. The molecule has 120 valence electrons. The number of carbonyl (C=O) groups excluding carboxylic acids is 2. The molecule has 3 N–H and O–H groups in total. The summed E-state index contributed by atoms with van der Waals surface area (Å²) in [5.74, 6) is -0.444. The van der Waals surface area contributed by atoms with Crippen molar-refractivity contribution in [1.29, 1.82) is 0 Å². The second kappa shape index (κ2) is 7.74. The van der Waals surface area contributed by atoms with Crippen LogP contribution in [-0.4, -0.2) is 49.0 Å². The molecule has 1 heterocycles. The van der Waals surface area contributed by atoms with Crippen molar-refractivity contribution in [2.75, 3.05) is 26.2 Å². The Labute approximate surface area is 128 Å². The number of rotatable bonds is 6. The van der Waals surface area contributed by atoms with Gasteiger partial charge in [0.1, 0.15) is 11.6 Å². The van der Waals surface area contributed by atoms with Crippen molar-refractivity contribution in [2.24, 2.45) is 5.73 Å². The molecule has 1 fully saturated rings. The van der Waals surface area contributed by atoms with E-state index in [0.29, 0.717) is 5.75 Å². The van der Waals surface area contributed by atoms with Gasteiger partial charge in [0.2, 0.25) is 5.91 Å². The van der Waals surface area contributed by atoms with Crippen molar-refractivity contribution < 1.29 is 18.7 Å². The zero-order chi connectivity index (χ0) is 15.9. The van der Waals surface area contributed by atoms with E-state index in [9.17, 15) is 14.0 Å². The van der Waals surface area contributed by atoms with Gasteiger partial charge < -0.3 is 15.8 Å². The summed E-state index contributed by atoms with van der Waals surface area (Å²) in [6.45, 7) is 1.61. The molecule has 0 spiro atoms. The zero-order valence-electron chi connectivity index (χ0n) is 12.3. The standard InChI is InChI=1S/C15H20FN3O3/c16-11-1-3-13(4-2-11)22-10-15(21)18-12-5-7-19(8-6-12)9-14(17)20/h1-4,12H,5-10H2,(H2,17,20)(H,18,21). The van der Waals surface area contributed by atoms with E-state index in [1.165, 1.54) is 24.3 Å². The molecule has 7 heteroatoms. The largest absolute Gasteiger partial charge is 0.484 e. The molecule has 0 saturated carbocycles. The second-order valence-corrected chi connectivity index (χ2v) is 5.33. The Morgan fingerprint density at radius 1 is 1.27 bits per heavy atom. The van der Waals surface area contributed by atoms with Crippen LogP contribution in [0.1, 0.15) is 12.8 Å². The van der Waals surface area contributed by atoms with Crippen LogP contribution in [0.2, 0.25) is 0 Å². The van der Waals surface area contributed by atoms with Crippen molar-refractivity contribution in [1.82, 2.24) is 10.2 Å². The summed E-state index contributed by atoms with van der Waals surface area (Å²) in [7, 11) is 0. The van der Waals surface area contributed by atoms with Crippen molar-refractivity contribution in [3.05, 3.63) is 30.1 Å². The summed E-state index contributed by atoms with van der Waals surface area (Å²) in [4.78, 5) is 24.6. The van der Waals surface area contributed by atoms with E-state index in [-0.39, 0.29) is 36.8 Å². The Morgan fingerprint density at radius 3 is 2.50 bits per heavy atom. The lowest BCUT2D eigenvalue weighted by molar-refractivity contribution is -0.124. The number of hydrogen-bond acceptors (Lipinski definition) is 4. The maximum atomic E-state index is 12.7. The van der Waals surface area contributed by atoms with Gasteiger partial charge in [-0.3, -0.25) is 14.5 Å². The predicted octanol–water partition coefficient (Wildman–Crippen LogP) is 0.270. The van der Waals surface area contributed by atoms with Gasteiger partial charge in [0.25, 0.3) is 5.91 Å². The lowest BCUT2D eigenvalue weighted by atomic mass is 10.1. The van der Waals surface area contributed by atoms with Crippen molar-refractivity contribution >= 4 is 11.8 Å². The number of benzene rings is 1. The Balaban J connectivity index is 1.67. The summed E-state index contributed by atoms with van der Waals surface area (Å²) >= 11 is 0. The monoisotopic (exact) mass is 309 g/mol. The first-order valence-corrected chi connectivity index (χ1v) is 7.21. The SMILES string of the molecule is NC(=O)CN1CCC(NC(=O)COc2ccc(F)cc2)CC1. The maximum Gasteiger partial charge on any atom is 0.258 e. The van der Waals surface area contributed by atoms with E-state index in [1.807, 2.05) is 4.90 Å². The molecular weight excluding hydrogens is 289 g/mol. The van der Waals surface area contributed by atoms with Gasteiger partial charge in [-0.2, -0.15) is 0 Å². The molecule has 1 aromatic rings. The number of nitrogens with zero attached hydrogens (tertiary/aromatic N) is 1. The number of halogens is 1. The summed E-state index contributed by atoms with van der Waals surface area (Å²) in [6, 6.07) is 5.59. The van der Waals surface area contributed by atoms with Gasteiger partial charge in [0.05, 0.1) is 6.54 Å². The van der Waals surface area contributed by atoms with Gasteiger partial charge in [-0.1, -0.05) is 0 Å². The minimum atomic E-state index is -0.348. The first-order valence-electron chi connectivity index (χ1n) is 7.21. The van der Waals surface area contributed by atoms with Gasteiger partial charge in [0.15, 0.2) is 6.61 Å². The summed E-state index contributed by atoms with van der Waals surface area (Å²) in [5.41, 5.74) is 5.15. The van der Waals surface area contributed by atoms with Crippen LogP contribution in [-0.2, 0) is 9.59 Å². The topological polar surface area (TPSA) is 84.7 Å². The third-order valence-corrected chi connectivity index (χ3v) is 3.52. The van der Waals surface area contributed by atoms with Crippen LogP contribution in [0.3, 0.4) is 0 Å². The molecule has 0 bridgehead atoms. The van der Waals surface area contributed by atoms with Crippen molar-refractivity contribution in [2.45, 2.75) is 18.9 Å². The van der Waals surface area contributed by atoms with Gasteiger partial charge >= 0.3 is 0 Å². The quantitative estimate of drug-likeness (QED) is 0.790. The summed E-state index contributed by atoms with van der Waals surface area (Å²) in [6.07, 6.45) is 1.55. The van der Waals surface area contributed by atoms with Crippen LogP contribution in [0.15, 0.2) is 24.3 Å². The first kappa shape index (κ1) is 16.2. The van der Waals surface area contributed by atoms with Gasteiger partial charge in [-0.25, -0.2) is 4.39 Å². The predicted molar refractivity (Wildman–Crippen MR) is 78.7 cm³/mol. The Morgan fingerprint density at radius 2 is 1.91 bits per heavy atom. The number of nitrogens with two attached hydrogens (primary N) is 1.